The minimum absolute atomic E-state index is 0.0440. The van der Waals surface area contributed by atoms with E-state index in [1.54, 1.807) is 0 Å². The Morgan fingerprint density at radius 2 is 1.84 bits per heavy atom. The number of nitroso groups, excluding NO2 is 1. The van der Waals surface area contributed by atoms with Gasteiger partial charge in [-0.05, 0) is 56.4 Å². The van der Waals surface area contributed by atoms with Gasteiger partial charge in [-0.15, -0.1) is 4.91 Å². The molecule has 3 heteroatoms. The molecule has 0 amide bonds. The predicted molar refractivity (Wildman–Crippen MR) is 84.1 cm³/mol. The van der Waals surface area contributed by atoms with Crippen molar-refractivity contribution in [3.8, 4) is 0 Å². The van der Waals surface area contributed by atoms with Gasteiger partial charge in [-0.3, -0.25) is 0 Å². The van der Waals surface area contributed by atoms with Crippen molar-refractivity contribution in [3.63, 3.8) is 0 Å². The molecule has 0 rings (SSSR count). The Morgan fingerprint density at radius 1 is 1.32 bits per heavy atom. The maximum atomic E-state index is 10.9. The highest BCUT2D eigenvalue weighted by atomic mass is 16.3. The van der Waals surface area contributed by atoms with Crippen molar-refractivity contribution in [2.75, 3.05) is 0 Å². The van der Waals surface area contributed by atoms with Crippen LogP contribution in [0.2, 0.25) is 0 Å². The Labute approximate surface area is 118 Å². The first-order chi connectivity index (χ1) is 8.54. The van der Waals surface area contributed by atoms with E-state index in [9.17, 15) is 4.91 Å². The third-order valence-corrected chi connectivity index (χ3v) is 3.62. The van der Waals surface area contributed by atoms with Crippen molar-refractivity contribution < 1.29 is 0 Å². The van der Waals surface area contributed by atoms with Gasteiger partial charge in [-0.1, -0.05) is 39.5 Å². The number of nitrogens with zero attached hydrogens (tertiary/aromatic N) is 1. The van der Waals surface area contributed by atoms with E-state index in [-0.39, 0.29) is 5.41 Å². The molecule has 0 aliphatic carbocycles. The topological polar surface area (TPSA) is 41.5 Å². The summed E-state index contributed by atoms with van der Waals surface area (Å²) in [5.41, 5.74) is 1.44. The van der Waals surface area contributed by atoms with Crippen LogP contribution in [0.3, 0.4) is 0 Å². The summed E-state index contributed by atoms with van der Waals surface area (Å²) >= 11 is 0. The molecule has 110 valence electrons. The van der Waals surface area contributed by atoms with Gasteiger partial charge in [0.15, 0.2) is 0 Å². The first-order valence-electron chi connectivity index (χ1n) is 7.03. The third kappa shape index (κ3) is 6.04. The van der Waals surface area contributed by atoms with Crippen LogP contribution in [-0.4, -0.2) is 11.6 Å². The van der Waals surface area contributed by atoms with Gasteiger partial charge in [-0.25, -0.2) is 0 Å². The largest absolute Gasteiger partial charge is 0.388 e. The maximum absolute atomic E-state index is 10.9. The van der Waals surface area contributed by atoms with E-state index in [0.717, 1.165) is 12.0 Å². The van der Waals surface area contributed by atoms with E-state index in [4.69, 9.17) is 0 Å². The smallest absolute Gasteiger partial charge is 0.118 e. The van der Waals surface area contributed by atoms with Gasteiger partial charge < -0.3 is 5.32 Å². The van der Waals surface area contributed by atoms with Crippen molar-refractivity contribution in [2.45, 2.75) is 72.9 Å². The lowest BCUT2D eigenvalue weighted by Gasteiger charge is -2.28. The molecular formula is C16H30N2O. The zero-order valence-corrected chi connectivity index (χ0v) is 13.6. The summed E-state index contributed by atoms with van der Waals surface area (Å²) in [5.74, 6) is 0. The molecule has 0 saturated carbocycles. The molecule has 0 spiro atoms. The van der Waals surface area contributed by atoms with E-state index in [1.165, 1.54) is 5.57 Å². The molecule has 19 heavy (non-hydrogen) atoms. The second-order valence-corrected chi connectivity index (χ2v) is 6.83. The fraction of sp³-hybridized carbons (Fsp3) is 0.750. The highest BCUT2D eigenvalue weighted by Gasteiger charge is 2.26. The van der Waals surface area contributed by atoms with Crippen molar-refractivity contribution in [1.29, 1.82) is 0 Å². The Balaban J connectivity index is 5.00. The molecule has 0 bridgehead atoms. The molecule has 1 N–H and O–H groups in total. The Kier molecular flexibility index (Phi) is 6.47. The predicted octanol–water partition coefficient (Wildman–Crippen LogP) is 4.80. The zero-order valence-electron chi connectivity index (χ0n) is 13.6. The quantitative estimate of drug-likeness (QED) is 0.531. The molecule has 0 heterocycles. The lowest BCUT2D eigenvalue weighted by molar-refractivity contribution is 0.470. The Hall–Kier alpha value is -1.12. The monoisotopic (exact) mass is 266 g/mol. The average Bonchev–Trinajstić information content (AvgIpc) is 2.31. The van der Waals surface area contributed by atoms with E-state index < -0.39 is 5.54 Å². The highest BCUT2D eigenvalue weighted by molar-refractivity contribution is 5.24. The fourth-order valence-corrected chi connectivity index (χ4v) is 1.40. The van der Waals surface area contributed by atoms with Crippen LogP contribution in [-0.2, 0) is 0 Å². The number of hydrogen-bond acceptors (Lipinski definition) is 3. The van der Waals surface area contributed by atoms with E-state index in [1.807, 2.05) is 13.8 Å². The van der Waals surface area contributed by atoms with Crippen LogP contribution in [0.4, 0.5) is 0 Å². The first-order valence-corrected chi connectivity index (χ1v) is 7.03. The molecule has 0 aliphatic heterocycles. The van der Waals surface area contributed by atoms with Crippen LogP contribution in [0.5, 0.6) is 0 Å². The van der Waals surface area contributed by atoms with Crippen LogP contribution >= 0.6 is 0 Å². The SMILES string of the molecule is C=C(C/C(=C/NC(C)CC)C(C)(C)C)C(C)(C)N=O. The fourth-order valence-electron chi connectivity index (χ4n) is 1.40. The summed E-state index contributed by atoms with van der Waals surface area (Å²) in [6.45, 7) is 18.5. The number of hydrogen-bond donors (Lipinski definition) is 1. The number of nitrogens with one attached hydrogen (secondary N) is 1. The van der Waals surface area contributed by atoms with Crippen LogP contribution < -0.4 is 5.32 Å². The van der Waals surface area contributed by atoms with Gasteiger partial charge in [-0.2, -0.15) is 0 Å². The van der Waals surface area contributed by atoms with Crippen LogP contribution in [0, 0.1) is 10.3 Å². The van der Waals surface area contributed by atoms with Crippen molar-refractivity contribution in [1.82, 2.24) is 5.32 Å². The lowest BCUT2D eigenvalue weighted by Crippen LogP contribution is -2.25. The van der Waals surface area contributed by atoms with E-state index in [2.05, 4.69) is 57.9 Å². The molecule has 0 aromatic rings. The normalized spacial score (nSPS) is 15.0. The summed E-state index contributed by atoms with van der Waals surface area (Å²) in [4.78, 5) is 10.9. The molecule has 0 fully saturated rings. The van der Waals surface area contributed by atoms with Gasteiger partial charge in [0, 0.05) is 6.04 Å². The standard InChI is InChI=1S/C16H30N2O/c1-9-13(3)17-11-14(15(4,5)6)10-12(2)16(7,8)18-19/h11,13,17H,2,9-10H2,1,3-8H3/b14-11-. The van der Waals surface area contributed by atoms with Crippen LogP contribution in [0.25, 0.3) is 0 Å². The molecule has 0 aromatic carbocycles. The third-order valence-electron chi connectivity index (χ3n) is 3.62. The summed E-state index contributed by atoms with van der Waals surface area (Å²) in [5, 5.41) is 6.57. The van der Waals surface area contributed by atoms with Gasteiger partial charge in [0.05, 0.1) is 0 Å². The van der Waals surface area contributed by atoms with Crippen molar-refractivity contribution in [2.24, 2.45) is 10.6 Å². The van der Waals surface area contributed by atoms with Gasteiger partial charge in [0.25, 0.3) is 0 Å². The molecule has 0 radical (unpaired) electrons. The maximum Gasteiger partial charge on any atom is 0.118 e. The Morgan fingerprint density at radius 3 is 2.21 bits per heavy atom. The summed E-state index contributed by atoms with van der Waals surface area (Å²) in [6, 6.07) is 0.447. The molecule has 0 aromatic heterocycles. The van der Waals surface area contributed by atoms with Gasteiger partial charge in [0.1, 0.15) is 5.54 Å². The van der Waals surface area contributed by atoms with Crippen LogP contribution in [0.15, 0.2) is 29.1 Å². The minimum Gasteiger partial charge on any atom is -0.388 e. The van der Waals surface area contributed by atoms with E-state index >= 15 is 0 Å². The molecule has 1 atom stereocenters. The Bertz CT molecular complexity index is 348. The zero-order chi connectivity index (χ0) is 15.3. The molecule has 0 aliphatic rings. The average molecular weight is 266 g/mol. The molecular weight excluding hydrogens is 236 g/mol. The van der Waals surface area contributed by atoms with Gasteiger partial charge in [0.2, 0.25) is 0 Å². The van der Waals surface area contributed by atoms with Gasteiger partial charge >= 0.3 is 0 Å². The van der Waals surface area contributed by atoms with Crippen molar-refractivity contribution in [3.05, 3.63) is 28.8 Å². The molecule has 1 unspecified atom stereocenters. The first kappa shape index (κ1) is 17.9. The van der Waals surface area contributed by atoms with Crippen LogP contribution in [0.1, 0.15) is 61.3 Å². The second-order valence-electron chi connectivity index (χ2n) is 6.83. The summed E-state index contributed by atoms with van der Waals surface area (Å²) < 4.78 is 0. The molecule has 3 nitrogen and oxygen atoms in total. The minimum atomic E-state index is -0.708. The summed E-state index contributed by atoms with van der Waals surface area (Å²) in [7, 11) is 0. The van der Waals surface area contributed by atoms with E-state index in [0.29, 0.717) is 12.5 Å². The van der Waals surface area contributed by atoms with Crippen molar-refractivity contribution >= 4 is 0 Å². The number of rotatable bonds is 7. The number of allylic oxidation sites excluding steroid dienone is 1. The highest BCUT2D eigenvalue weighted by Crippen LogP contribution is 2.33. The summed E-state index contributed by atoms with van der Waals surface area (Å²) in [6.07, 6.45) is 3.86. The second kappa shape index (κ2) is 6.88. The molecule has 0 saturated heterocycles. The lowest BCUT2D eigenvalue weighted by atomic mass is 9.80.